The summed E-state index contributed by atoms with van der Waals surface area (Å²) in [5.41, 5.74) is 0. The van der Waals surface area contributed by atoms with Crippen molar-refractivity contribution in [1.29, 1.82) is 0 Å². The molecule has 0 bridgehead atoms. The first-order valence-corrected chi connectivity index (χ1v) is 5.66. The molecule has 0 aliphatic carbocycles. The zero-order valence-electron chi connectivity index (χ0n) is 5.43. The summed E-state index contributed by atoms with van der Waals surface area (Å²) in [5.74, 6) is 0. The van der Waals surface area contributed by atoms with Crippen LogP contribution in [0.2, 0.25) is 0 Å². The molecule has 1 rings (SSSR count). The van der Waals surface area contributed by atoms with E-state index in [0.29, 0.717) is 0 Å². The SMILES string of the molecule is ICCCn1cnc(I)c1. The normalized spacial score (nSPS) is 10.2. The van der Waals surface area contributed by atoms with Crippen LogP contribution in [0.15, 0.2) is 12.5 Å². The molecule has 0 aliphatic rings. The minimum absolute atomic E-state index is 1.08. The first kappa shape index (κ1) is 8.76. The van der Waals surface area contributed by atoms with Crippen LogP contribution in [0.1, 0.15) is 6.42 Å². The highest BCUT2D eigenvalue weighted by atomic mass is 127. The largest absolute Gasteiger partial charge is 0.336 e. The summed E-state index contributed by atoms with van der Waals surface area (Å²) >= 11 is 4.60. The maximum atomic E-state index is 4.12. The third-order valence-electron chi connectivity index (χ3n) is 1.15. The van der Waals surface area contributed by atoms with Crippen molar-refractivity contribution in [2.75, 3.05) is 4.43 Å². The van der Waals surface area contributed by atoms with Gasteiger partial charge in [0.2, 0.25) is 0 Å². The average molecular weight is 362 g/mol. The lowest BCUT2D eigenvalue weighted by molar-refractivity contribution is 0.687. The van der Waals surface area contributed by atoms with Crippen molar-refractivity contribution in [2.45, 2.75) is 13.0 Å². The van der Waals surface area contributed by atoms with Crippen LogP contribution in [0.25, 0.3) is 0 Å². The zero-order valence-corrected chi connectivity index (χ0v) is 9.74. The molecule has 0 radical (unpaired) electrons. The Morgan fingerprint density at radius 2 is 2.40 bits per heavy atom. The van der Waals surface area contributed by atoms with Gasteiger partial charge in [0.15, 0.2) is 0 Å². The lowest BCUT2D eigenvalue weighted by Gasteiger charge is -1.96. The first-order chi connectivity index (χ1) is 4.83. The fourth-order valence-corrected chi connectivity index (χ4v) is 1.52. The van der Waals surface area contributed by atoms with E-state index in [1.165, 1.54) is 10.8 Å². The summed E-state index contributed by atoms with van der Waals surface area (Å²) in [5, 5.41) is 0. The predicted molar refractivity (Wildman–Crippen MR) is 58.4 cm³/mol. The van der Waals surface area contributed by atoms with E-state index in [9.17, 15) is 0 Å². The van der Waals surface area contributed by atoms with Crippen LogP contribution in [-0.4, -0.2) is 14.0 Å². The number of nitrogens with zero attached hydrogens (tertiary/aromatic N) is 2. The maximum Gasteiger partial charge on any atom is 0.119 e. The highest BCUT2D eigenvalue weighted by Crippen LogP contribution is 2.01. The van der Waals surface area contributed by atoms with Crippen molar-refractivity contribution >= 4 is 45.2 Å². The smallest absolute Gasteiger partial charge is 0.119 e. The number of hydrogen-bond donors (Lipinski definition) is 0. The van der Waals surface area contributed by atoms with Gasteiger partial charge in [-0.25, -0.2) is 4.98 Å². The number of hydrogen-bond acceptors (Lipinski definition) is 1. The minimum Gasteiger partial charge on any atom is -0.336 e. The summed E-state index contributed by atoms with van der Waals surface area (Å²) < 4.78 is 4.42. The fourth-order valence-electron chi connectivity index (χ4n) is 0.697. The Morgan fingerprint density at radius 1 is 1.60 bits per heavy atom. The van der Waals surface area contributed by atoms with E-state index >= 15 is 0 Å². The second-order valence-corrected chi connectivity index (χ2v) is 4.16. The van der Waals surface area contributed by atoms with Gasteiger partial charge >= 0.3 is 0 Å². The third-order valence-corrected chi connectivity index (χ3v) is 2.47. The molecule has 0 N–H and O–H groups in total. The van der Waals surface area contributed by atoms with Crippen molar-refractivity contribution in [2.24, 2.45) is 0 Å². The van der Waals surface area contributed by atoms with Crippen LogP contribution in [0.5, 0.6) is 0 Å². The van der Waals surface area contributed by atoms with Crippen LogP contribution < -0.4 is 0 Å². The number of rotatable bonds is 3. The van der Waals surface area contributed by atoms with Gasteiger partial charge in [-0.3, -0.25) is 0 Å². The number of imidazole rings is 1. The van der Waals surface area contributed by atoms with Crippen molar-refractivity contribution in [1.82, 2.24) is 9.55 Å². The molecule has 0 fully saturated rings. The molecule has 0 spiro atoms. The molecule has 0 saturated heterocycles. The molecular weight excluding hydrogens is 354 g/mol. The summed E-state index contributed by atoms with van der Waals surface area (Å²) in [7, 11) is 0. The van der Waals surface area contributed by atoms with E-state index in [4.69, 9.17) is 0 Å². The monoisotopic (exact) mass is 362 g/mol. The summed E-state index contributed by atoms with van der Waals surface area (Å²) in [6.45, 7) is 1.10. The highest BCUT2D eigenvalue weighted by molar-refractivity contribution is 14.1. The van der Waals surface area contributed by atoms with E-state index in [2.05, 4.69) is 60.9 Å². The molecule has 10 heavy (non-hydrogen) atoms. The van der Waals surface area contributed by atoms with Gasteiger partial charge in [0, 0.05) is 17.2 Å². The number of aryl methyl sites for hydroxylation is 1. The molecule has 0 aromatic carbocycles. The zero-order chi connectivity index (χ0) is 7.40. The van der Waals surface area contributed by atoms with Crippen molar-refractivity contribution in [3.63, 3.8) is 0 Å². The van der Waals surface area contributed by atoms with E-state index in [1.807, 2.05) is 6.33 Å². The molecule has 4 heteroatoms. The van der Waals surface area contributed by atoms with Gasteiger partial charge in [-0.05, 0) is 29.0 Å². The van der Waals surface area contributed by atoms with Gasteiger partial charge in [-0.2, -0.15) is 0 Å². The Kier molecular flexibility index (Phi) is 3.97. The quantitative estimate of drug-likeness (QED) is 0.596. The van der Waals surface area contributed by atoms with Gasteiger partial charge in [-0.1, -0.05) is 22.6 Å². The van der Waals surface area contributed by atoms with E-state index in [1.54, 1.807) is 0 Å². The number of aromatic nitrogens is 2. The van der Waals surface area contributed by atoms with E-state index < -0.39 is 0 Å². The second-order valence-electron chi connectivity index (χ2n) is 1.98. The summed E-state index contributed by atoms with van der Waals surface area (Å²) in [6.07, 6.45) is 5.17. The Morgan fingerprint density at radius 3 is 2.90 bits per heavy atom. The Hall–Kier alpha value is 0.670. The molecule has 1 aromatic heterocycles. The van der Waals surface area contributed by atoms with Crippen LogP contribution in [0, 0.1) is 3.70 Å². The topological polar surface area (TPSA) is 17.8 Å². The average Bonchev–Trinajstić information content (AvgIpc) is 2.31. The second kappa shape index (κ2) is 4.53. The number of alkyl halides is 1. The fraction of sp³-hybridized carbons (Fsp3) is 0.500. The third kappa shape index (κ3) is 2.73. The molecule has 0 unspecified atom stereocenters. The molecule has 0 saturated carbocycles. The Balaban J connectivity index is 2.42. The van der Waals surface area contributed by atoms with Gasteiger partial charge in [-0.15, -0.1) is 0 Å². The molecular formula is C6H8I2N2. The Labute approximate surface area is 87.7 Å². The van der Waals surface area contributed by atoms with Crippen LogP contribution in [0.4, 0.5) is 0 Å². The van der Waals surface area contributed by atoms with Gasteiger partial charge in [0.1, 0.15) is 3.70 Å². The standard InChI is InChI=1S/C6H8I2N2/c7-2-1-3-10-4-6(8)9-5-10/h4-5H,1-3H2. The van der Waals surface area contributed by atoms with E-state index in [-0.39, 0.29) is 0 Å². The lowest BCUT2D eigenvalue weighted by atomic mass is 10.5. The van der Waals surface area contributed by atoms with Crippen LogP contribution in [0.3, 0.4) is 0 Å². The highest BCUT2D eigenvalue weighted by Gasteiger charge is 1.92. The molecule has 0 amide bonds. The van der Waals surface area contributed by atoms with E-state index in [0.717, 1.165) is 10.2 Å². The summed E-state index contributed by atoms with van der Waals surface area (Å²) in [6, 6.07) is 0. The Bertz CT molecular complexity index is 197. The first-order valence-electron chi connectivity index (χ1n) is 3.06. The van der Waals surface area contributed by atoms with Crippen molar-refractivity contribution in [3.8, 4) is 0 Å². The molecule has 1 aromatic rings. The predicted octanol–water partition coefficient (Wildman–Crippen LogP) is 2.31. The lowest BCUT2D eigenvalue weighted by Crippen LogP contribution is -1.93. The van der Waals surface area contributed by atoms with Crippen molar-refractivity contribution in [3.05, 3.63) is 16.2 Å². The number of halogens is 2. The molecule has 56 valence electrons. The van der Waals surface area contributed by atoms with Gasteiger partial charge < -0.3 is 4.57 Å². The van der Waals surface area contributed by atoms with Crippen LogP contribution in [-0.2, 0) is 6.54 Å². The van der Waals surface area contributed by atoms with Crippen LogP contribution >= 0.6 is 45.2 Å². The van der Waals surface area contributed by atoms with Crippen molar-refractivity contribution < 1.29 is 0 Å². The molecule has 0 atom stereocenters. The molecule has 1 heterocycles. The van der Waals surface area contributed by atoms with Gasteiger partial charge in [0.25, 0.3) is 0 Å². The molecule has 2 nitrogen and oxygen atoms in total. The summed E-state index contributed by atoms with van der Waals surface area (Å²) in [4.78, 5) is 4.12. The maximum absolute atomic E-state index is 4.12. The minimum atomic E-state index is 1.08. The molecule has 0 aliphatic heterocycles. The van der Waals surface area contributed by atoms with Gasteiger partial charge in [0.05, 0.1) is 6.33 Å².